The minimum absolute atomic E-state index is 0.101. The van der Waals surface area contributed by atoms with Crippen LogP contribution in [0.4, 0.5) is 0 Å². The summed E-state index contributed by atoms with van der Waals surface area (Å²) in [4.78, 5) is 31.0. The van der Waals surface area contributed by atoms with E-state index in [0.29, 0.717) is 12.6 Å². The van der Waals surface area contributed by atoms with Crippen LogP contribution >= 0.6 is 0 Å². The van der Waals surface area contributed by atoms with Gasteiger partial charge >= 0.3 is 0 Å². The molecule has 0 spiro atoms. The third kappa shape index (κ3) is 3.23. The van der Waals surface area contributed by atoms with Crippen LogP contribution in [0, 0.1) is 5.92 Å². The number of amides is 2. The van der Waals surface area contributed by atoms with Crippen LogP contribution in [0.15, 0.2) is 0 Å². The van der Waals surface area contributed by atoms with Crippen molar-refractivity contribution in [3.05, 3.63) is 0 Å². The standard InChI is InChI=1S/C16H27N3O2/c1-17-8-7-13(11-17)16(21)18-9-10-19(15(20)12-18)14-5-3-2-4-6-14/h13-14H,2-12H2,1H3/t13-/m1/s1. The van der Waals surface area contributed by atoms with Crippen molar-refractivity contribution in [3.8, 4) is 0 Å². The molecule has 118 valence electrons. The Morgan fingerprint density at radius 3 is 2.43 bits per heavy atom. The second-order valence-corrected chi connectivity index (χ2v) is 6.89. The number of likely N-dealkylation sites (tertiary alicyclic amines) is 1. The number of nitrogens with zero attached hydrogens (tertiary/aromatic N) is 3. The molecule has 5 nitrogen and oxygen atoms in total. The maximum Gasteiger partial charge on any atom is 0.242 e. The summed E-state index contributed by atoms with van der Waals surface area (Å²) in [7, 11) is 2.06. The van der Waals surface area contributed by atoms with Crippen molar-refractivity contribution in [1.82, 2.24) is 14.7 Å². The lowest BCUT2D eigenvalue weighted by Crippen LogP contribution is -2.56. The monoisotopic (exact) mass is 293 g/mol. The number of carbonyl (C=O) groups excluding carboxylic acids is 2. The Bertz CT molecular complexity index is 406. The zero-order valence-corrected chi connectivity index (χ0v) is 13.1. The van der Waals surface area contributed by atoms with Crippen molar-refractivity contribution in [2.24, 2.45) is 5.92 Å². The van der Waals surface area contributed by atoms with Gasteiger partial charge in [-0.3, -0.25) is 9.59 Å². The molecule has 3 fully saturated rings. The van der Waals surface area contributed by atoms with Crippen LogP contribution in [0.2, 0.25) is 0 Å². The molecule has 0 unspecified atom stereocenters. The topological polar surface area (TPSA) is 43.9 Å². The van der Waals surface area contributed by atoms with Crippen molar-refractivity contribution in [1.29, 1.82) is 0 Å². The van der Waals surface area contributed by atoms with Crippen LogP contribution in [0.25, 0.3) is 0 Å². The predicted molar refractivity (Wildman–Crippen MR) is 80.8 cm³/mol. The van der Waals surface area contributed by atoms with Gasteiger partial charge in [0, 0.05) is 25.7 Å². The van der Waals surface area contributed by atoms with Gasteiger partial charge in [-0.25, -0.2) is 0 Å². The van der Waals surface area contributed by atoms with Crippen LogP contribution in [0.1, 0.15) is 38.5 Å². The summed E-state index contributed by atoms with van der Waals surface area (Å²) in [5.41, 5.74) is 0. The van der Waals surface area contributed by atoms with Gasteiger partial charge in [-0.2, -0.15) is 0 Å². The van der Waals surface area contributed by atoms with E-state index in [1.54, 1.807) is 4.90 Å². The van der Waals surface area contributed by atoms with E-state index >= 15 is 0 Å². The number of piperazine rings is 1. The molecule has 3 rings (SSSR count). The molecule has 21 heavy (non-hydrogen) atoms. The molecule has 1 aliphatic carbocycles. The molecule has 0 aromatic rings. The normalized spacial score (nSPS) is 29.2. The molecular formula is C16H27N3O2. The highest BCUT2D eigenvalue weighted by Crippen LogP contribution is 2.25. The Hall–Kier alpha value is -1.10. The second-order valence-electron chi connectivity index (χ2n) is 6.89. The summed E-state index contributed by atoms with van der Waals surface area (Å²) < 4.78 is 0. The third-order valence-corrected chi connectivity index (χ3v) is 5.33. The van der Waals surface area contributed by atoms with E-state index in [-0.39, 0.29) is 17.7 Å². The summed E-state index contributed by atoms with van der Waals surface area (Å²) in [6, 6.07) is 0.432. The molecule has 1 saturated carbocycles. The smallest absolute Gasteiger partial charge is 0.242 e. The number of carbonyl (C=O) groups is 2. The van der Waals surface area contributed by atoms with Gasteiger partial charge in [0.1, 0.15) is 0 Å². The van der Waals surface area contributed by atoms with Crippen LogP contribution < -0.4 is 0 Å². The molecule has 1 atom stereocenters. The van der Waals surface area contributed by atoms with Crippen molar-refractivity contribution in [3.63, 3.8) is 0 Å². The average Bonchev–Trinajstić information content (AvgIpc) is 2.94. The second kappa shape index (κ2) is 6.34. The Morgan fingerprint density at radius 2 is 1.81 bits per heavy atom. The van der Waals surface area contributed by atoms with E-state index < -0.39 is 0 Å². The summed E-state index contributed by atoms with van der Waals surface area (Å²) in [5.74, 6) is 0.452. The molecule has 2 heterocycles. The van der Waals surface area contributed by atoms with Gasteiger partial charge in [-0.1, -0.05) is 19.3 Å². The molecule has 0 aromatic carbocycles. The average molecular weight is 293 g/mol. The quantitative estimate of drug-likeness (QED) is 0.761. The lowest BCUT2D eigenvalue weighted by Gasteiger charge is -2.41. The van der Waals surface area contributed by atoms with E-state index in [1.807, 2.05) is 4.90 Å². The first-order valence-electron chi connectivity index (χ1n) is 8.42. The number of hydrogen-bond donors (Lipinski definition) is 0. The highest BCUT2D eigenvalue weighted by molar-refractivity contribution is 5.87. The summed E-state index contributed by atoms with van der Waals surface area (Å²) in [6.07, 6.45) is 7.02. The van der Waals surface area contributed by atoms with Gasteiger partial charge in [0.2, 0.25) is 11.8 Å². The highest BCUT2D eigenvalue weighted by atomic mass is 16.2. The molecule has 2 aliphatic heterocycles. The van der Waals surface area contributed by atoms with Crippen molar-refractivity contribution < 1.29 is 9.59 Å². The highest BCUT2D eigenvalue weighted by Gasteiger charge is 2.36. The Kier molecular flexibility index (Phi) is 4.48. The summed E-state index contributed by atoms with van der Waals surface area (Å²) in [6.45, 7) is 3.59. The zero-order chi connectivity index (χ0) is 14.8. The van der Waals surface area contributed by atoms with Crippen molar-refractivity contribution in [2.45, 2.75) is 44.6 Å². The molecule has 2 saturated heterocycles. The van der Waals surface area contributed by atoms with Crippen molar-refractivity contribution >= 4 is 11.8 Å². The van der Waals surface area contributed by atoms with E-state index in [2.05, 4.69) is 11.9 Å². The van der Waals surface area contributed by atoms with Gasteiger partial charge in [0.15, 0.2) is 0 Å². The van der Waals surface area contributed by atoms with Gasteiger partial charge < -0.3 is 14.7 Å². The molecule has 0 N–H and O–H groups in total. The van der Waals surface area contributed by atoms with Crippen LogP contribution in [0.3, 0.4) is 0 Å². The first-order chi connectivity index (χ1) is 10.1. The number of rotatable bonds is 2. The third-order valence-electron chi connectivity index (χ3n) is 5.33. The summed E-state index contributed by atoms with van der Waals surface area (Å²) in [5, 5.41) is 0. The fourth-order valence-electron chi connectivity index (χ4n) is 4.05. The zero-order valence-electron chi connectivity index (χ0n) is 13.1. The van der Waals surface area contributed by atoms with Crippen LogP contribution in [0.5, 0.6) is 0 Å². The largest absolute Gasteiger partial charge is 0.336 e. The molecule has 0 bridgehead atoms. The Labute approximate surface area is 127 Å². The van der Waals surface area contributed by atoms with Crippen LogP contribution in [-0.2, 0) is 9.59 Å². The fourth-order valence-corrected chi connectivity index (χ4v) is 4.05. The van der Waals surface area contributed by atoms with Crippen molar-refractivity contribution in [2.75, 3.05) is 39.8 Å². The maximum atomic E-state index is 12.5. The first-order valence-corrected chi connectivity index (χ1v) is 8.42. The Balaban J connectivity index is 1.55. The van der Waals surface area contributed by atoms with E-state index in [4.69, 9.17) is 0 Å². The Morgan fingerprint density at radius 1 is 1.05 bits per heavy atom. The van der Waals surface area contributed by atoms with Gasteiger partial charge in [0.05, 0.1) is 12.5 Å². The summed E-state index contributed by atoms with van der Waals surface area (Å²) >= 11 is 0. The maximum absolute atomic E-state index is 12.5. The SMILES string of the molecule is CN1CC[C@@H](C(=O)N2CCN(C3CCCCC3)C(=O)C2)C1. The molecule has 2 amide bonds. The predicted octanol–water partition coefficient (Wildman–Crippen LogP) is 0.942. The van der Waals surface area contributed by atoms with Crippen LogP contribution in [-0.4, -0.2) is 72.3 Å². The molecule has 3 aliphatic rings. The number of hydrogen-bond acceptors (Lipinski definition) is 3. The van der Waals surface area contributed by atoms with Gasteiger partial charge in [-0.15, -0.1) is 0 Å². The molecule has 5 heteroatoms. The van der Waals surface area contributed by atoms with Gasteiger partial charge in [0.25, 0.3) is 0 Å². The fraction of sp³-hybridized carbons (Fsp3) is 0.875. The van der Waals surface area contributed by atoms with E-state index in [0.717, 1.165) is 45.4 Å². The molecule has 0 radical (unpaired) electrons. The van der Waals surface area contributed by atoms with E-state index in [9.17, 15) is 9.59 Å². The van der Waals surface area contributed by atoms with Gasteiger partial charge in [-0.05, 0) is 32.9 Å². The lowest BCUT2D eigenvalue weighted by atomic mass is 9.93. The lowest BCUT2D eigenvalue weighted by molar-refractivity contribution is -0.149. The minimum atomic E-state index is 0.101. The van der Waals surface area contributed by atoms with E-state index in [1.165, 1.54) is 19.3 Å². The minimum Gasteiger partial charge on any atom is -0.336 e. The molecular weight excluding hydrogens is 266 g/mol. The molecule has 0 aromatic heterocycles. The first kappa shape index (κ1) is 14.8.